The van der Waals surface area contributed by atoms with Gasteiger partial charge in [-0.2, -0.15) is 0 Å². The van der Waals surface area contributed by atoms with Gasteiger partial charge in [-0.05, 0) is 63.3 Å². The maximum absolute atomic E-state index is 6.06. The molecule has 2 aliphatic rings. The van der Waals surface area contributed by atoms with Gasteiger partial charge >= 0.3 is 0 Å². The number of ether oxygens (including phenoxy) is 1. The molecular weight excluding hydrogens is 344 g/mol. The molecule has 0 saturated carbocycles. The zero-order chi connectivity index (χ0) is 19.5. The number of anilines is 1. The van der Waals surface area contributed by atoms with Crippen molar-refractivity contribution < 1.29 is 4.74 Å². The van der Waals surface area contributed by atoms with Crippen molar-refractivity contribution in [3.8, 4) is 0 Å². The van der Waals surface area contributed by atoms with Crippen molar-refractivity contribution in [3.05, 3.63) is 65.2 Å². The van der Waals surface area contributed by atoms with Crippen molar-refractivity contribution in [1.29, 1.82) is 0 Å². The van der Waals surface area contributed by atoms with E-state index in [1.165, 1.54) is 35.2 Å². The van der Waals surface area contributed by atoms with E-state index in [-0.39, 0.29) is 0 Å². The van der Waals surface area contributed by atoms with Crippen LogP contribution < -0.4 is 4.90 Å². The highest BCUT2D eigenvalue weighted by atomic mass is 16.5. The summed E-state index contributed by atoms with van der Waals surface area (Å²) in [6.07, 6.45) is 3.91. The number of piperidine rings is 1. The van der Waals surface area contributed by atoms with Crippen LogP contribution in [-0.2, 0) is 11.2 Å². The van der Waals surface area contributed by atoms with Crippen molar-refractivity contribution in [3.63, 3.8) is 0 Å². The highest BCUT2D eigenvalue weighted by Gasteiger charge is 2.34. The maximum Gasteiger partial charge on any atom is 0.0674 e. The summed E-state index contributed by atoms with van der Waals surface area (Å²) in [6, 6.07) is 19.1. The van der Waals surface area contributed by atoms with Gasteiger partial charge in [0.2, 0.25) is 0 Å². The zero-order valence-electron chi connectivity index (χ0n) is 17.6. The van der Waals surface area contributed by atoms with Gasteiger partial charge < -0.3 is 9.64 Å². The summed E-state index contributed by atoms with van der Waals surface area (Å²) in [4.78, 5) is 5.32. The molecule has 28 heavy (non-hydrogen) atoms. The molecule has 2 aromatic carbocycles. The Bertz CT molecular complexity index is 764. The first-order valence-electron chi connectivity index (χ1n) is 10.8. The van der Waals surface area contributed by atoms with Gasteiger partial charge in [-0.3, -0.25) is 4.90 Å². The molecule has 0 bridgehead atoms. The Morgan fingerprint density at radius 2 is 1.71 bits per heavy atom. The smallest absolute Gasteiger partial charge is 0.0674 e. The monoisotopic (exact) mass is 378 g/mol. The standard InChI is InChI=1S/C25H34N2O/c1-19-7-9-22(10-8-19)16-25-18-28-21(3)17-27(25)23-11-13-26(14-12-23)24-6-4-5-20(2)15-24/h4-10,15,21,23,25H,11-14,16-18H2,1-3H3. The van der Waals surface area contributed by atoms with Crippen LogP contribution in [0.3, 0.4) is 0 Å². The van der Waals surface area contributed by atoms with Crippen LogP contribution in [-0.4, -0.2) is 49.3 Å². The van der Waals surface area contributed by atoms with Crippen LogP contribution >= 0.6 is 0 Å². The number of hydrogen-bond donors (Lipinski definition) is 0. The second-order valence-electron chi connectivity index (χ2n) is 8.74. The normalized spacial score (nSPS) is 24.5. The number of aryl methyl sites for hydroxylation is 2. The van der Waals surface area contributed by atoms with E-state index in [1.807, 2.05) is 0 Å². The molecule has 2 atom stereocenters. The Labute approximate surface area is 170 Å². The topological polar surface area (TPSA) is 15.7 Å². The van der Waals surface area contributed by atoms with Crippen molar-refractivity contribution in [2.24, 2.45) is 0 Å². The molecule has 0 aliphatic carbocycles. The summed E-state index contributed by atoms with van der Waals surface area (Å²) in [7, 11) is 0. The van der Waals surface area contributed by atoms with Crippen LogP contribution in [0.5, 0.6) is 0 Å². The summed E-state index contributed by atoms with van der Waals surface area (Å²) in [5.41, 5.74) is 5.48. The van der Waals surface area contributed by atoms with Crippen molar-refractivity contribution in [2.75, 3.05) is 31.1 Å². The summed E-state index contributed by atoms with van der Waals surface area (Å²) in [5.74, 6) is 0. The molecule has 0 radical (unpaired) electrons. The van der Waals surface area contributed by atoms with Gasteiger partial charge in [0, 0.05) is 37.4 Å². The molecule has 4 rings (SSSR count). The molecule has 2 aromatic rings. The van der Waals surface area contributed by atoms with Crippen LogP contribution in [0.15, 0.2) is 48.5 Å². The quantitative estimate of drug-likeness (QED) is 0.773. The third-order valence-corrected chi connectivity index (χ3v) is 6.40. The van der Waals surface area contributed by atoms with E-state index in [9.17, 15) is 0 Å². The van der Waals surface area contributed by atoms with E-state index < -0.39 is 0 Å². The summed E-state index contributed by atoms with van der Waals surface area (Å²) in [5, 5.41) is 0. The second kappa shape index (κ2) is 8.67. The van der Waals surface area contributed by atoms with Gasteiger partial charge in [-0.15, -0.1) is 0 Å². The molecule has 0 spiro atoms. The molecular formula is C25H34N2O. The van der Waals surface area contributed by atoms with Gasteiger partial charge in [-0.25, -0.2) is 0 Å². The van der Waals surface area contributed by atoms with Crippen molar-refractivity contribution in [1.82, 2.24) is 4.90 Å². The number of rotatable bonds is 4. The average molecular weight is 379 g/mol. The fourth-order valence-corrected chi connectivity index (χ4v) is 4.77. The van der Waals surface area contributed by atoms with Gasteiger partial charge in [0.1, 0.15) is 0 Å². The molecule has 3 nitrogen and oxygen atoms in total. The molecule has 2 aliphatic heterocycles. The second-order valence-corrected chi connectivity index (χ2v) is 8.74. The fourth-order valence-electron chi connectivity index (χ4n) is 4.77. The number of hydrogen-bond acceptors (Lipinski definition) is 3. The van der Waals surface area contributed by atoms with E-state index in [1.54, 1.807) is 0 Å². The summed E-state index contributed by atoms with van der Waals surface area (Å²) >= 11 is 0. The minimum absolute atomic E-state index is 0.337. The first-order valence-corrected chi connectivity index (χ1v) is 10.8. The Morgan fingerprint density at radius 1 is 0.964 bits per heavy atom. The third-order valence-electron chi connectivity index (χ3n) is 6.40. The van der Waals surface area contributed by atoms with Gasteiger partial charge in [-0.1, -0.05) is 42.0 Å². The van der Waals surface area contributed by atoms with Gasteiger partial charge in [0.15, 0.2) is 0 Å². The Balaban J connectivity index is 1.41. The van der Waals surface area contributed by atoms with E-state index in [4.69, 9.17) is 4.74 Å². The fraction of sp³-hybridized carbons (Fsp3) is 0.520. The molecule has 0 aromatic heterocycles. The number of benzene rings is 2. The van der Waals surface area contributed by atoms with Crippen LogP contribution in [0.2, 0.25) is 0 Å². The molecule has 0 N–H and O–H groups in total. The van der Waals surface area contributed by atoms with E-state index in [2.05, 4.69) is 79.1 Å². The molecule has 0 amide bonds. The Kier molecular flexibility index (Phi) is 6.03. The Morgan fingerprint density at radius 3 is 2.43 bits per heavy atom. The Hall–Kier alpha value is -1.84. The lowest BCUT2D eigenvalue weighted by molar-refractivity contribution is -0.0744. The van der Waals surface area contributed by atoms with Crippen molar-refractivity contribution >= 4 is 5.69 Å². The highest BCUT2D eigenvalue weighted by molar-refractivity contribution is 5.48. The van der Waals surface area contributed by atoms with Crippen LogP contribution in [0.25, 0.3) is 0 Å². The predicted octanol–water partition coefficient (Wildman–Crippen LogP) is 4.60. The zero-order valence-corrected chi connectivity index (χ0v) is 17.6. The molecule has 2 heterocycles. The number of nitrogens with zero attached hydrogens (tertiary/aromatic N) is 2. The molecule has 150 valence electrons. The lowest BCUT2D eigenvalue weighted by Gasteiger charge is -2.46. The molecule has 2 fully saturated rings. The third kappa shape index (κ3) is 4.59. The van der Waals surface area contributed by atoms with Gasteiger partial charge in [0.05, 0.1) is 12.7 Å². The number of morpholine rings is 1. The minimum Gasteiger partial charge on any atom is -0.376 e. The molecule has 2 saturated heterocycles. The summed E-state index contributed by atoms with van der Waals surface area (Å²) < 4.78 is 6.06. The lowest BCUT2D eigenvalue weighted by Crippen LogP contribution is -2.56. The van der Waals surface area contributed by atoms with E-state index in [0.717, 1.165) is 32.7 Å². The van der Waals surface area contributed by atoms with Crippen LogP contribution in [0.1, 0.15) is 36.5 Å². The van der Waals surface area contributed by atoms with Crippen molar-refractivity contribution in [2.45, 2.75) is 58.2 Å². The van der Waals surface area contributed by atoms with E-state index in [0.29, 0.717) is 18.2 Å². The van der Waals surface area contributed by atoms with Crippen LogP contribution in [0.4, 0.5) is 5.69 Å². The molecule has 3 heteroatoms. The SMILES string of the molecule is Cc1ccc(CC2COC(C)CN2C2CCN(c3cccc(C)c3)CC2)cc1. The van der Waals surface area contributed by atoms with E-state index >= 15 is 0 Å². The lowest BCUT2D eigenvalue weighted by atomic mass is 9.96. The largest absolute Gasteiger partial charge is 0.376 e. The maximum atomic E-state index is 6.06. The molecule has 2 unspecified atom stereocenters. The minimum atomic E-state index is 0.337. The van der Waals surface area contributed by atoms with Gasteiger partial charge in [0.25, 0.3) is 0 Å². The first kappa shape index (κ1) is 19.5. The van der Waals surface area contributed by atoms with Crippen LogP contribution in [0, 0.1) is 13.8 Å². The first-order chi connectivity index (χ1) is 13.6. The average Bonchev–Trinajstić information content (AvgIpc) is 2.71. The summed E-state index contributed by atoms with van der Waals surface area (Å²) in [6.45, 7) is 10.8. The highest BCUT2D eigenvalue weighted by Crippen LogP contribution is 2.27. The predicted molar refractivity (Wildman–Crippen MR) is 117 cm³/mol.